The predicted octanol–water partition coefficient (Wildman–Crippen LogP) is 3.14. The van der Waals surface area contributed by atoms with E-state index < -0.39 is 0 Å². The highest BCUT2D eigenvalue weighted by Gasteiger charge is 2.48. The van der Waals surface area contributed by atoms with Gasteiger partial charge in [0.05, 0.1) is 17.9 Å². The Balaban J connectivity index is 1.46. The molecule has 6 nitrogen and oxygen atoms in total. The number of nitrogens with one attached hydrogen (secondary N) is 1. The van der Waals surface area contributed by atoms with Crippen molar-refractivity contribution in [2.75, 3.05) is 18.9 Å². The van der Waals surface area contributed by atoms with Crippen LogP contribution in [0.1, 0.15) is 25.8 Å². The minimum absolute atomic E-state index is 0.0369. The van der Waals surface area contributed by atoms with Crippen molar-refractivity contribution in [2.24, 2.45) is 11.8 Å². The van der Waals surface area contributed by atoms with Crippen LogP contribution in [0.3, 0.4) is 0 Å². The molecule has 1 aromatic carbocycles. The molecule has 0 radical (unpaired) electrons. The van der Waals surface area contributed by atoms with E-state index in [4.69, 9.17) is 4.74 Å². The van der Waals surface area contributed by atoms with Gasteiger partial charge in [-0.05, 0) is 68.7 Å². The van der Waals surface area contributed by atoms with Gasteiger partial charge in [0, 0.05) is 31.7 Å². The lowest BCUT2D eigenvalue weighted by Gasteiger charge is -2.17. The summed E-state index contributed by atoms with van der Waals surface area (Å²) >= 11 is 0. The van der Waals surface area contributed by atoms with Crippen molar-refractivity contribution in [3.05, 3.63) is 54.4 Å². The number of carbonyl (C=O) groups excluding carboxylic acids is 2. The average molecular weight is 381 g/mol. The first-order valence-corrected chi connectivity index (χ1v) is 9.65. The van der Waals surface area contributed by atoms with Crippen LogP contribution in [-0.2, 0) is 16.0 Å². The van der Waals surface area contributed by atoms with Crippen LogP contribution >= 0.6 is 0 Å². The Kier molecular flexibility index (Phi) is 6.29. The maximum Gasteiger partial charge on any atom is 0.228 e. The van der Waals surface area contributed by atoms with Crippen molar-refractivity contribution < 1.29 is 14.3 Å². The molecule has 2 aromatic rings. The molecule has 1 aliphatic carbocycles. The van der Waals surface area contributed by atoms with Gasteiger partial charge in [-0.2, -0.15) is 0 Å². The minimum Gasteiger partial charge on any atom is -0.491 e. The molecule has 1 saturated carbocycles. The summed E-state index contributed by atoms with van der Waals surface area (Å²) in [6.07, 6.45) is 4.99. The van der Waals surface area contributed by atoms with Crippen molar-refractivity contribution in [1.29, 1.82) is 0 Å². The van der Waals surface area contributed by atoms with E-state index in [1.54, 1.807) is 24.3 Å². The van der Waals surface area contributed by atoms with Gasteiger partial charge in [0.1, 0.15) is 5.75 Å². The van der Waals surface area contributed by atoms with Crippen molar-refractivity contribution in [1.82, 2.24) is 9.88 Å². The molecular formula is C22H27N3O3. The number of hydrogen-bond donors (Lipinski definition) is 1. The van der Waals surface area contributed by atoms with Gasteiger partial charge in [0.15, 0.2) is 0 Å². The lowest BCUT2D eigenvalue weighted by molar-refractivity contribution is -0.132. The summed E-state index contributed by atoms with van der Waals surface area (Å²) in [6, 6.07) is 11.2. The van der Waals surface area contributed by atoms with Crippen LogP contribution in [0.5, 0.6) is 5.75 Å². The monoisotopic (exact) mass is 381 g/mol. The third-order valence-corrected chi connectivity index (χ3v) is 4.80. The van der Waals surface area contributed by atoms with Crippen LogP contribution in [0, 0.1) is 11.8 Å². The maximum absolute atomic E-state index is 12.6. The van der Waals surface area contributed by atoms with Crippen LogP contribution in [0.4, 0.5) is 5.69 Å². The third-order valence-electron chi connectivity index (χ3n) is 4.80. The number of rotatable bonds is 8. The Bertz CT molecular complexity index is 806. The second-order valence-corrected chi connectivity index (χ2v) is 7.49. The lowest BCUT2D eigenvalue weighted by atomic mass is 10.2. The summed E-state index contributed by atoms with van der Waals surface area (Å²) in [5.41, 5.74) is 1.86. The Labute approximate surface area is 165 Å². The molecule has 28 heavy (non-hydrogen) atoms. The molecule has 3 rings (SSSR count). The molecule has 1 aliphatic rings. The first-order valence-electron chi connectivity index (χ1n) is 9.65. The van der Waals surface area contributed by atoms with Crippen LogP contribution in [-0.4, -0.2) is 41.4 Å². The summed E-state index contributed by atoms with van der Waals surface area (Å²) in [5.74, 6) is 0.241. The molecule has 0 aliphatic heterocycles. The van der Waals surface area contributed by atoms with Gasteiger partial charge in [-0.15, -0.1) is 0 Å². The molecule has 0 bridgehead atoms. The van der Waals surface area contributed by atoms with E-state index in [1.807, 2.05) is 50.2 Å². The fourth-order valence-corrected chi connectivity index (χ4v) is 3.12. The normalized spacial score (nSPS) is 17.9. The first kappa shape index (κ1) is 19.9. The van der Waals surface area contributed by atoms with Crippen molar-refractivity contribution in [3.8, 4) is 5.75 Å². The maximum atomic E-state index is 12.6. The van der Waals surface area contributed by atoms with Crippen LogP contribution in [0.2, 0.25) is 0 Å². The number of pyridine rings is 1. The Morgan fingerprint density at radius 2 is 1.82 bits per heavy atom. The molecule has 1 aromatic heterocycles. The Morgan fingerprint density at radius 1 is 1.14 bits per heavy atom. The van der Waals surface area contributed by atoms with E-state index in [0.29, 0.717) is 18.7 Å². The van der Waals surface area contributed by atoms with Gasteiger partial charge < -0.3 is 15.0 Å². The van der Waals surface area contributed by atoms with Crippen molar-refractivity contribution in [3.63, 3.8) is 0 Å². The fourth-order valence-electron chi connectivity index (χ4n) is 3.12. The Morgan fingerprint density at radius 3 is 2.46 bits per heavy atom. The van der Waals surface area contributed by atoms with Crippen molar-refractivity contribution >= 4 is 17.5 Å². The largest absolute Gasteiger partial charge is 0.491 e. The zero-order chi connectivity index (χ0) is 20.1. The van der Waals surface area contributed by atoms with Gasteiger partial charge >= 0.3 is 0 Å². The molecule has 148 valence electrons. The zero-order valence-electron chi connectivity index (χ0n) is 16.6. The van der Waals surface area contributed by atoms with E-state index in [0.717, 1.165) is 17.7 Å². The molecule has 2 atom stereocenters. The fraction of sp³-hybridized carbons (Fsp3) is 0.409. The molecule has 1 heterocycles. The highest BCUT2D eigenvalue weighted by atomic mass is 16.5. The second-order valence-electron chi connectivity index (χ2n) is 7.49. The summed E-state index contributed by atoms with van der Waals surface area (Å²) in [5, 5.41) is 2.89. The number of nitrogens with zero attached hydrogens (tertiary/aromatic N) is 2. The standard InChI is InChI=1S/C22H27N3O3/c1-15(2)28-18-6-4-17(5-7-18)24-21(26)19-14-20(19)22(27)25(3)13-10-16-8-11-23-12-9-16/h4-9,11-12,15,19-20H,10,13-14H2,1-3H3,(H,24,26). The molecular weight excluding hydrogens is 354 g/mol. The number of ether oxygens (including phenoxy) is 1. The lowest BCUT2D eigenvalue weighted by Crippen LogP contribution is -2.31. The van der Waals surface area contributed by atoms with Gasteiger partial charge in [-0.25, -0.2) is 0 Å². The number of benzene rings is 1. The first-order chi connectivity index (χ1) is 13.4. The van der Waals surface area contributed by atoms with E-state index in [9.17, 15) is 9.59 Å². The van der Waals surface area contributed by atoms with E-state index in [-0.39, 0.29) is 29.8 Å². The third kappa shape index (κ3) is 5.31. The molecule has 6 heteroatoms. The molecule has 1 N–H and O–H groups in total. The second kappa shape index (κ2) is 8.87. The summed E-state index contributed by atoms with van der Waals surface area (Å²) in [7, 11) is 1.80. The average Bonchev–Trinajstić information content (AvgIpc) is 3.48. The summed E-state index contributed by atoms with van der Waals surface area (Å²) < 4.78 is 5.60. The quantitative estimate of drug-likeness (QED) is 0.763. The molecule has 0 spiro atoms. The number of amides is 2. The van der Waals surface area contributed by atoms with Gasteiger partial charge in [0.2, 0.25) is 11.8 Å². The highest BCUT2D eigenvalue weighted by molar-refractivity contribution is 5.99. The summed E-state index contributed by atoms with van der Waals surface area (Å²) in [4.78, 5) is 30.7. The number of hydrogen-bond acceptors (Lipinski definition) is 4. The van der Waals surface area contributed by atoms with E-state index in [1.165, 1.54) is 0 Å². The van der Waals surface area contributed by atoms with Gasteiger partial charge in [-0.3, -0.25) is 14.6 Å². The van der Waals surface area contributed by atoms with Gasteiger partial charge in [0.25, 0.3) is 0 Å². The van der Waals surface area contributed by atoms with Gasteiger partial charge in [-0.1, -0.05) is 0 Å². The molecule has 2 unspecified atom stereocenters. The van der Waals surface area contributed by atoms with E-state index >= 15 is 0 Å². The van der Waals surface area contributed by atoms with E-state index in [2.05, 4.69) is 10.3 Å². The number of carbonyl (C=O) groups is 2. The molecule has 1 fully saturated rings. The Hall–Kier alpha value is -2.89. The van der Waals surface area contributed by atoms with Crippen LogP contribution in [0.15, 0.2) is 48.8 Å². The zero-order valence-corrected chi connectivity index (χ0v) is 16.6. The topological polar surface area (TPSA) is 71.5 Å². The number of aromatic nitrogens is 1. The highest BCUT2D eigenvalue weighted by Crippen LogP contribution is 2.40. The SMILES string of the molecule is CC(C)Oc1ccc(NC(=O)C2CC2C(=O)N(C)CCc2ccncc2)cc1. The predicted molar refractivity (Wildman–Crippen MR) is 108 cm³/mol. The van der Waals surface area contributed by atoms with Crippen molar-refractivity contribution in [2.45, 2.75) is 32.8 Å². The molecule has 2 amide bonds. The van der Waals surface area contributed by atoms with Crippen LogP contribution < -0.4 is 10.1 Å². The number of anilines is 1. The molecule has 0 saturated heterocycles. The summed E-state index contributed by atoms with van der Waals surface area (Å²) in [6.45, 7) is 4.56. The van der Waals surface area contributed by atoms with Crippen LogP contribution in [0.25, 0.3) is 0 Å². The smallest absolute Gasteiger partial charge is 0.228 e. The number of likely N-dealkylation sites (N-methyl/N-ethyl adjacent to an activating group) is 1. The minimum atomic E-state index is -0.248.